The lowest BCUT2D eigenvalue weighted by Gasteiger charge is -2.27. The van der Waals surface area contributed by atoms with Crippen molar-refractivity contribution < 1.29 is 66.2 Å². The van der Waals surface area contributed by atoms with Crippen LogP contribution in [-0.4, -0.2) is 36.9 Å². The molecule has 0 amide bonds. The topological polar surface area (TPSA) is 9.23 Å². The average molecular weight is 380 g/mol. The van der Waals surface area contributed by atoms with E-state index in [4.69, 9.17) is 0 Å². The van der Waals surface area contributed by atoms with Crippen molar-refractivity contribution in [2.75, 3.05) is 6.61 Å². The molecular weight excluding hydrogens is 378 g/mol. The summed E-state index contributed by atoms with van der Waals surface area (Å²) in [6.45, 7) is -3.04. The van der Waals surface area contributed by atoms with Crippen LogP contribution in [0, 0.1) is 0 Å². The van der Waals surface area contributed by atoms with Gasteiger partial charge in [0, 0.05) is 0 Å². The quantitative estimate of drug-likeness (QED) is 0.601. The Bertz CT molecular complexity index is 454. The standard InChI is InChI=1S/C8H2F14O/c9-2(5(14,15)7(18,19)8(20,21)22)3(10)6(16,17)23-1-4(11,12)13/h1H2. The van der Waals surface area contributed by atoms with Gasteiger partial charge >= 0.3 is 30.3 Å². The molecule has 0 saturated heterocycles. The summed E-state index contributed by atoms with van der Waals surface area (Å²) in [6.07, 6.45) is -19.0. The van der Waals surface area contributed by atoms with Crippen molar-refractivity contribution in [1.29, 1.82) is 0 Å². The van der Waals surface area contributed by atoms with E-state index in [9.17, 15) is 61.5 Å². The maximum absolute atomic E-state index is 12.6. The van der Waals surface area contributed by atoms with Crippen LogP contribution in [0.2, 0.25) is 0 Å². The highest BCUT2D eigenvalue weighted by Crippen LogP contribution is 2.52. The van der Waals surface area contributed by atoms with Crippen molar-refractivity contribution in [3.63, 3.8) is 0 Å². The van der Waals surface area contributed by atoms with Crippen LogP contribution in [0.5, 0.6) is 0 Å². The Balaban J connectivity index is 5.76. The minimum absolute atomic E-state index is 2.38. The zero-order valence-corrected chi connectivity index (χ0v) is 9.91. The molecule has 0 atom stereocenters. The highest BCUT2D eigenvalue weighted by atomic mass is 19.4. The molecule has 0 spiro atoms. The number of allylic oxidation sites excluding steroid dienone is 1. The molecule has 0 N–H and O–H groups in total. The van der Waals surface area contributed by atoms with E-state index in [1.54, 1.807) is 0 Å². The molecular formula is C8H2F14O. The molecule has 0 aromatic rings. The van der Waals surface area contributed by atoms with Gasteiger partial charge in [-0.2, -0.15) is 57.1 Å². The van der Waals surface area contributed by atoms with Crippen molar-refractivity contribution in [3.8, 4) is 0 Å². The van der Waals surface area contributed by atoms with Crippen LogP contribution in [0.25, 0.3) is 0 Å². The number of ether oxygens (including phenoxy) is 1. The van der Waals surface area contributed by atoms with Gasteiger partial charge in [0.2, 0.25) is 11.7 Å². The van der Waals surface area contributed by atoms with Crippen LogP contribution >= 0.6 is 0 Å². The Labute approximate surface area is 116 Å². The molecule has 0 aliphatic heterocycles. The summed E-state index contributed by atoms with van der Waals surface area (Å²) in [5.41, 5.74) is 0. The summed E-state index contributed by atoms with van der Waals surface area (Å²) in [7, 11) is 0. The fourth-order valence-corrected chi connectivity index (χ4v) is 0.817. The van der Waals surface area contributed by atoms with Gasteiger partial charge in [-0.3, -0.25) is 0 Å². The van der Waals surface area contributed by atoms with Crippen molar-refractivity contribution in [2.24, 2.45) is 0 Å². The van der Waals surface area contributed by atoms with E-state index in [0.29, 0.717) is 0 Å². The first kappa shape index (κ1) is 21.7. The molecule has 0 aromatic heterocycles. The predicted octanol–water partition coefficient (Wildman–Crippen LogP) is 5.14. The maximum atomic E-state index is 12.6. The highest BCUT2D eigenvalue weighted by Gasteiger charge is 2.76. The van der Waals surface area contributed by atoms with Crippen LogP contribution in [-0.2, 0) is 4.74 Å². The molecule has 0 radical (unpaired) electrons. The summed E-state index contributed by atoms with van der Waals surface area (Å²) in [6, 6.07) is 0. The molecule has 0 unspecified atom stereocenters. The average Bonchev–Trinajstić information content (AvgIpc) is 2.32. The Kier molecular flexibility index (Phi) is 5.64. The molecule has 0 aromatic carbocycles. The first-order chi connectivity index (χ1) is 9.77. The van der Waals surface area contributed by atoms with Gasteiger partial charge in [0.15, 0.2) is 0 Å². The summed E-state index contributed by atoms with van der Waals surface area (Å²) in [4.78, 5) is 0. The second kappa shape index (κ2) is 5.98. The Hall–Kier alpha value is -1.28. The molecule has 0 saturated carbocycles. The number of alkyl halides is 12. The summed E-state index contributed by atoms with van der Waals surface area (Å²) >= 11 is 0. The number of rotatable bonds is 5. The Morgan fingerprint density at radius 2 is 1.04 bits per heavy atom. The molecule has 0 aliphatic carbocycles. The SMILES string of the molecule is FC(=C(F)C(F)(F)C(F)(F)C(F)(F)F)C(F)(F)OCC(F)(F)F. The summed E-state index contributed by atoms with van der Waals surface area (Å²) in [5, 5.41) is 0. The van der Waals surface area contributed by atoms with Crippen LogP contribution in [0.3, 0.4) is 0 Å². The molecule has 1 nitrogen and oxygen atoms in total. The van der Waals surface area contributed by atoms with E-state index in [-0.39, 0.29) is 0 Å². The fourth-order valence-electron chi connectivity index (χ4n) is 0.817. The zero-order chi connectivity index (χ0) is 19.1. The van der Waals surface area contributed by atoms with E-state index in [2.05, 4.69) is 4.74 Å². The number of halogens is 14. The van der Waals surface area contributed by atoms with Gasteiger partial charge in [-0.05, 0) is 0 Å². The van der Waals surface area contributed by atoms with Crippen molar-refractivity contribution in [1.82, 2.24) is 0 Å². The van der Waals surface area contributed by atoms with Gasteiger partial charge in [0.1, 0.15) is 6.61 Å². The van der Waals surface area contributed by atoms with E-state index >= 15 is 0 Å². The van der Waals surface area contributed by atoms with Gasteiger partial charge in [-0.15, -0.1) is 0 Å². The van der Waals surface area contributed by atoms with Crippen molar-refractivity contribution in [3.05, 3.63) is 11.7 Å². The lowest BCUT2D eigenvalue weighted by molar-refractivity contribution is -0.349. The highest BCUT2D eigenvalue weighted by molar-refractivity contribution is 5.19. The Morgan fingerprint density at radius 3 is 1.35 bits per heavy atom. The lowest BCUT2D eigenvalue weighted by atomic mass is 10.1. The second-order valence-corrected chi connectivity index (χ2v) is 3.70. The third-order valence-corrected chi connectivity index (χ3v) is 1.89. The normalized spacial score (nSPS) is 16.4. The molecule has 0 heterocycles. The van der Waals surface area contributed by atoms with Crippen LogP contribution < -0.4 is 0 Å². The van der Waals surface area contributed by atoms with Crippen molar-refractivity contribution >= 4 is 0 Å². The third kappa shape index (κ3) is 4.60. The first-order valence-electron chi connectivity index (χ1n) is 4.74. The number of hydrogen-bond donors (Lipinski definition) is 0. The fraction of sp³-hybridized carbons (Fsp3) is 0.750. The predicted molar refractivity (Wildman–Crippen MR) is 42.1 cm³/mol. The lowest BCUT2D eigenvalue weighted by Crippen LogP contribution is -2.53. The monoisotopic (exact) mass is 380 g/mol. The van der Waals surface area contributed by atoms with E-state index < -0.39 is 48.6 Å². The maximum Gasteiger partial charge on any atom is 0.460 e. The molecule has 0 bridgehead atoms. The van der Waals surface area contributed by atoms with E-state index in [0.717, 1.165) is 0 Å². The molecule has 0 fully saturated rings. The van der Waals surface area contributed by atoms with E-state index in [1.807, 2.05) is 0 Å². The van der Waals surface area contributed by atoms with Crippen LogP contribution in [0.1, 0.15) is 0 Å². The third-order valence-electron chi connectivity index (χ3n) is 1.89. The summed E-state index contributed by atoms with van der Waals surface area (Å²) < 4.78 is 172. The van der Waals surface area contributed by atoms with Crippen molar-refractivity contribution in [2.45, 2.75) is 30.3 Å². The molecule has 0 rings (SSSR count). The van der Waals surface area contributed by atoms with Gasteiger partial charge in [0.05, 0.1) is 0 Å². The largest absolute Gasteiger partial charge is 0.460 e. The Morgan fingerprint density at radius 1 is 0.652 bits per heavy atom. The van der Waals surface area contributed by atoms with E-state index in [1.165, 1.54) is 0 Å². The molecule has 23 heavy (non-hydrogen) atoms. The van der Waals surface area contributed by atoms with Gasteiger partial charge in [-0.25, -0.2) is 4.39 Å². The van der Waals surface area contributed by atoms with Crippen LogP contribution in [0.15, 0.2) is 11.7 Å². The number of hydrogen-bond acceptors (Lipinski definition) is 1. The van der Waals surface area contributed by atoms with Gasteiger partial charge in [0.25, 0.3) is 0 Å². The minimum atomic E-state index is -7.33. The van der Waals surface area contributed by atoms with Crippen LogP contribution in [0.4, 0.5) is 61.5 Å². The second-order valence-electron chi connectivity index (χ2n) is 3.70. The molecule has 15 heteroatoms. The first-order valence-corrected chi connectivity index (χ1v) is 4.74. The molecule has 138 valence electrons. The zero-order valence-electron chi connectivity index (χ0n) is 9.91. The summed E-state index contributed by atoms with van der Waals surface area (Å²) in [5.74, 6) is -23.5. The molecule has 0 aliphatic rings. The van der Waals surface area contributed by atoms with Gasteiger partial charge in [-0.1, -0.05) is 0 Å². The minimum Gasteiger partial charge on any atom is -0.305 e. The smallest absolute Gasteiger partial charge is 0.305 e. The van der Waals surface area contributed by atoms with Gasteiger partial charge < -0.3 is 4.74 Å².